The maximum absolute atomic E-state index is 12.6. The van der Waals surface area contributed by atoms with Gasteiger partial charge in [-0.2, -0.15) is 0 Å². The van der Waals surface area contributed by atoms with Gasteiger partial charge in [-0.25, -0.2) is 0 Å². The number of pyridine rings is 1. The van der Waals surface area contributed by atoms with Crippen molar-refractivity contribution in [1.82, 2.24) is 9.88 Å². The van der Waals surface area contributed by atoms with E-state index in [2.05, 4.69) is 58.7 Å². The van der Waals surface area contributed by atoms with Crippen LogP contribution in [0.3, 0.4) is 0 Å². The lowest BCUT2D eigenvalue weighted by Crippen LogP contribution is -2.30. The number of carbonyl (C=O) groups excluding carboxylic acids is 1. The second-order valence-corrected chi connectivity index (χ2v) is 8.32. The highest BCUT2D eigenvalue weighted by atomic mass is 32.2. The van der Waals surface area contributed by atoms with Gasteiger partial charge in [0.2, 0.25) is 0 Å². The zero-order valence-electron chi connectivity index (χ0n) is 17.4. The topological polar surface area (TPSA) is 63.6 Å². The lowest BCUT2D eigenvalue weighted by molar-refractivity contribution is 0.0952. The van der Waals surface area contributed by atoms with E-state index in [0.29, 0.717) is 25.3 Å². The van der Waals surface area contributed by atoms with Crippen LogP contribution >= 0.6 is 11.8 Å². The van der Waals surface area contributed by atoms with Crippen molar-refractivity contribution in [2.75, 3.05) is 31.7 Å². The maximum atomic E-state index is 12.6. The number of hydrogen-bond donors (Lipinski definition) is 1. The Morgan fingerprint density at radius 3 is 2.32 bits per heavy atom. The number of aromatic nitrogens is 1. The number of carbonyl (C=O) groups is 1. The molecule has 1 aliphatic rings. The number of nitrogens with zero attached hydrogens (tertiary/aromatic N) is 2. The highest BCUT2D eigenvalue weighted by Crippen LogP contribution is 2.47. The summed E-state index contributed by atoms with van der Waals surface area (Å²) < 4.78 is 6.52. The summed E-state index contributed by atoms with van der Waals surface area (Å²) in [6.45, 7) is 2.18. The molecule has 7 heteroatoms. The molecule has 2 heterocycles. The van der Waals surface area contributed by atoms with E-state index in [-0.39, 0.29) is 11.5 Å². The molecule has 0 bridgehead atoms. The normalized spacial score (nSPS) is 12.2. The first-order valence-electron chi connectivity index (χ1n) is 10.3. The molecular formula is C24H25N3O3S. The number of ether oxygens (including phenoxy) is 1. The van der Waals surface area contributed by atoms with Crippen LogP contribution in [0, 0.1) is 0 Å². The summed E-state index contributed by atoms with van der Waals surface area (Å²) >= 11 is 1.79. The van der Waals surface area contributed by atoms with Gasteiger partial charge in [-0.3, -0.25) is 9.59 Å². The van der Waals surface area contributed by atoms with Gasteiger partial charge in [0.05, 0.1) is 23.5 Å². The molecule has 1 aliphatic heterocycles. The molecule has 1 N–H and O–H groups in total. The molecule has 0 unspecified atom stereocenters. The molecule has 0 saturated heterocycles. The molecule has 0 aliphatic carbocycles. The predicted octanol–water partition coefficient (Wildman–Crippen LogP) is 3.92. The van der Waals surface area contributed by atoms with Crippen LogP contribution in [-0.4, -0.2) is 37.3 Å². The van der Waals surface area contributed by atoms with Crippen molar-refractivity contribution in [2.45, 2.75) is 22.8 Å². The molecule has 6 nitrogen and oxygen atoms in total. The summed E-state index contributed by atoms with van der Waals surface area (Å²) in [5.74, 6) is -0.179. The number of methoxy groups -OCH3 is 1. The predicted molar refractivity (Wildman–Crippen MR) is 124 cm³/mol. The lowest BCUT2D eigenvalue weighted by atomic mass is 10.2. The fourth-order valence-electron chi connectivity index (χ4n) is 3.59. The van der Waals surface area contributed by atoms with Crippen LogP contribution in [0.5, 0.6) is 0 Å². The van der Waals surface area contributed by atoms with E-state index in [1.807, 2.05) is 0 Å². The van der Waals surface area contributed by atoms with E-state index in [0.717, 1.165) is 13.0 Å². The Morgan fingerprint density at radius 1 is 0.968 bits per heavy atom. The van der Waals surface area contributed by atoms with Gasteiger partial charge in [0, 0.05) is 48.8 Å². The zero-order chi connectivity index (χ0) is 21.6. The van der Waals surface area contributed by atoms with Crippen molar-refractivity contribution >= 4 is 29.0 Å². The van der Waals surface area contributed by atoms with Crippen LogP contribution in [0.25, 0.3) is 0 Å². The molecule has 0 saturated carbocycles. The number of benzene rings is 2. The van der Waals surface area contributed by atoms with E-state index in [1.165, 1.54) is 31.8 Å². The van der Waals surface area contributed by atoms with Crippen LogP contribution in [0.15, 0.2) is 81.4 Å². The number of amides is 1. The summed E-state index contributed by atoms with van der Waals surface area (Å²) in [7, 11) is 1.58. The largest absolute Gasteiger partial charge is 0.383 e. The van der Waals surface area contributed by atoms with Gasteiger partial charge in [0.1, 0.15) is 0 Å². The first kappa shape index (κ1) is 21.2. The first-order chi connectivity index (χ1) is 15.2. The van der Waals surface area contributed by atoms with E-state index >= 15 is 0 Å². The summed E-state index contributed by atoms with van der Waals surface area (Å²) in [6.07, 6.45) is 2.38. The van der Waals surface area contributed by atoms with E-state index in [1.54, 1.807) is 31.1 Å². The Morgan fingerprint density at radius 2 is 1.65 bits per heavy atom. The molecule has 0 spiro atoms. The average Bonchev–Trinajstić information content (AvgIpc) is 2.80. The van der Waals surface area contributed by atoms with Gasteiger partial charge in [0.25, 0.3) is 11.5 Å². The average molecular weight is 436 g/mol. The Labute approximate surface area is 185 Å². The lowest BCUT2D eigenvalue weighted by Gasteiger charge is -2.32. The van der Waals surface area contributed by atoms with Crippen LogP contribution in [0.4, 0.5) is 11.4 Å². The first-order valence-corrected chi connectivity index (χ1v) is 11.1. The third-order valence-corrected chi connectivity index (χ3v) is 6.29. The van der Waals surface area contributed by atoms with Gasteiger partial charge in [0.15, 0.2) is 0 Å². The Kier molecular flexibility index (Phi) is 6.74. The van der Waals surface area contributed by atoms with Gasteiger partial charge >= 0.3 is 0 Å². The molecule has 2 aromatic carbocycles. The van der Waals surface area contributed by atoms with Gasteiger partial charge in [-0.05, 0) is 36.8 Å². The third-order valence-electron chi connectivity index (χ3n) is 5.16. The standard InChI is InChI=1S/C24H25N3O3S/c1-30-16-15-26-17-18(11-12-23(26)28)24(29)25-13-6-14-27-19-7-2-4-9-21(19)31-22-10-5-3-8-20(22)27/h2-5,7-12,17H,6,13-16H2,1H3,(H,25,29). The number of fused-ring (bicyclic) bond motifs is 2. The SMILES string of the molecule is COCCn1cc(C(=O)NCCCN2c3ccccc3Sc3ccccc32)ccc1=O. The second-order valence-electron chi connectivity index (χ2n) is 7.24. The van der Waals surface area contributed by atoms with Gasteiger partial charge in [-0.15, -0.1) is 0 Å². The summed E-state index contributed by atoms with van der Waals surface area (Å²) in [6, 6.07) is 19.8. The van der Waals surface area contributed by atoms with Crippen LogP contribution in [0.2, 0.25) is 0 Å². The third kappa shape index (κ3) is 4.84. The van der Waals surface area contributed by atoms with E-state index < -0.39 is 0 Å². The summed E-state index contributed by atoms with van der Waals surface area (Å²) in [5.41, 5.74) is 2.72. The zero-order valence-corrected chi connectivity index (χ0v) is 18.2. The minimum atomic E-state index is -0.179. The Hall–Kier alpha value is -3.03. The fraction of sp³-hybridized carbons (Fsp3) is 0.250. The van der Waals surface area contributed by atoms with Crippen molar-refractivity contribution in [2.24, 2.45) is 0 Å². The molecule has 4 rings (SSSR count). The molecule has 31 heavy (non-hydrogen) atoms. The highest BCUT2D eigenvalue weighted by Gasteiger charge is 2.22. The molecule has 1 amide bonds. The van der Waals surface area contributed by atoms with Gasteiger partial charge < -0.3 is 19.5 Å². The molecule has 3 aromatic rings. The Balaban J connectivity index is 1.38. The quantitative estimate of drug-likeness (QED) is 0.544. The summed E-state index contributed by atoms with van der Waals surface area (Å²) in [4.78, 5) is 29.3. The number of hydrogen-bond acceptors (Lipinski definition) is 5. The van der Waals surface area contributed by atoms with Crippen molar-refractivity contribution in [1.29, 1.82) is 0 Å². The van der Waals surface area contributed by atoms with Crippen molar-refractivity contribution in [3.8, 4) is 0 Å². The van der Waals surface area contributed by atoms with Crippen molar-refractivity contribution in [3.63, 3.8) is 0 Å². The van der Waals surface area contributed by atoms with Crippen molar-refractivity contribution < 1.29 is 9.53 Å². The van der Waals surface area contributed by atoms with Gasteiger partial charge in [-0.1, -0.05) is 36.0 Å². The van der Waals surface area contributed by atoms with Crippen LogP contribution in [0.1, 0.15) is 16.8 Å². The van der Waals surface area contributed by atoms with E-state index in [4.69, 9.17) is 4.74 Å². The van der Waals surface area contributed by atoms with Crippen LogP contribution in [-0.2, 0) is 11.3 Å². The molecule has 160 valence electrons. The minimum Gasteiger partial charge on any atom is -0.383 e. The minimum absolute atomic E-state index is 0.145. The van der Waals surface area contributed by atoms with Crippen molar-refractivity contribution in [3.05, 3.63) is 82.8 Å². The monoisotopic (exact) mass is 435 g/mol. The fourth-order valence-corrected chi connectivity index (χ4v) is 4.69. The highest BCUT2D eigenvalue weighted by molar-refractivity contribution is 7.99. The number of anilines is 2. The molecule has 0 fully saturated rings. The molecule has 0 atom stereocenters. The number of nitrogens with one attached hydrogen (secondary N) is 1. The number of para-hydroxylation sites is 2. The molecule has 0 radical (unpaired) electrons. The van der Waals surface area contributed by atoms with Crippen LogP contribution < -0.4 is 15.8 Å². The van der Waals surface area contributed by atoms with E-state index in [9.17, 15) is 9.59 Å². The second kappa shape index (κ2) is 9.85. The molecule has 1 aromatic heterocycles. The maximum Gasteiger partial charge on any atom is 0.252 e. The number of rotatable bonds is 8. The summed E-state index contributed by atoms with van der Waals surface area (Å²) in [5, 5.41) is 2.97. The Bertz CT molecular complexity index is 1080. The molecular weight excluding hydrogens is 410 g/mol. The smallest absolute Gasteiger partial charge is 0.252 e.